The Kier molecular flexibility index (Phi) is 2.60. The van der Waals surface area contributed by atoms with Gasteiger partial charge in [-0.3, -0.25) is 0 Å². The van der Waals surface area contributed by atoms with Gasteiger partial charge in [0.25, 0.3) is 0 Å². The van der Waals surface area contributed by atoms with Gasteiger partial charge in [-0.15, -0.1) is 11.3 Å². The minimum absolute atomic E-state index is 0.184. The van der Waals surface area contributed by atoms with E-state index in [1.807, 2.05) is 18.3 Å². The minimum atomic E-state index is -0.184. The van der Waals surface area contributed by atoms with Gasteiger partial charge in [-0.25, -0.2) is 4.39 Å². The Bertz CT molecular complexity index is 904. The Morgan fingerprint density at radius 3 is 2.90 bits per heavy atom. The highest BCUT2D eigenvalue weighted by Gasteiger charge is 2.07. The molecule has 98 valence electrons. The Hall–Kier alpha value is -2.13. The molecule has 0 fully saturated rings. The van der Waals surface area contributed by atoms with Gasteiger partial charge < -0.3 is 4.57 Å². The molecule has 0 aliphatic carbocycles. The zero-order valence-electron chi connectivity index (χ0n) is 10.7. The quantitative estimate of drug-likeness (QED) is 0.485. The van der Waals surface area contributed by atoms with Gasteiger partial charge in [0.15, 0.2) is 0 Å². The van der Waals surface area contributed by atoms with E-state index in [1.54, 1.807) is 17.4 Å². The van der Waals surface area contributed by atoms with E-state index in [9.17, 15) is 4.39 Å². The summed E-state index contributed by atoms with van der Waals surface area (Å²) >= 11 is 1.77. The molecule has 1 nitrogen and oxygen atoms in total. The molecule has 0 aliphatic heterocycles. The van der Waals surface area contributed by atoms with Gasteiger partial charge in [0.05, 0.1) is 0 Å². The lowest BCUT2D eigenvalue weighted by molar-refractivity contribution is 0.629. The van der Waals surface area contributed by atoms with Crippen molar-refractivity contribution in [3.8, 4) is 0 Å². The van der Waals surface area contributed by atoms with Crippen LogP contribution < -0.4 is 0 Å². The summed E-state index contributed by atoms with van der Waals surface area (Å²) in [5, 5.41) is 4.46. The molecule has 4 rings (SSSR count). The maximum absolute atomic E-state index is 13.2. The van der Waals surface area contributed by atoms with E-state index in [0.29, 0.717) is 0 Å². The SMILES string of the molecule is Fc1ccc2c(ccn2Cc2csc3ccccc23)c1. The second kappa shape index (κ2) is 4.46. The van der Waals surface area contributed by atoms with Crippen molar-refractivity contribution in [2.24, 2.45) is 0 Å². The van der Waals surface area contributed by atoms with E-state index in [1.165, 1.54) is 21.7 Å². The molecule has 0 saturated carbocycles. The van der Waals surface area contributed by atoms with Gasteiger partial charge in [0.2, 0.25) is 0 Å². The summed E-state index contributed by atoms with van der Waals surface area (Å²) in [4.78, 5) is 0. The van der Waals surface area contributed by atoms with Crippen molar-refractivity contribution in [2.75, 3.05) is 0 Å². The molecule has 0 unspecified atom stereocenters. The average Bonchev–Trinajstić information content (AvgIpc) is 3.04. The number of nitrogens with zero attached hydrogens (tertiary/aromatic N) is 1. The normalized spacial score (nSPS) is 11.4. The Morgan fingerprint density at radius 2 is 1.95 bits per heavy atom. The highest BCUT2D eigenvalue weighted by Crippen LogP contribution is 2.27. The second-order valence-corrected chi connectivity index (χ2v) is 5.82. The van der Waals surface area contributed by atoms with Gasteiger partial charge in [0.1, 0.15) is 5.82 Å². The van der Waals surface area contributed by atoms with Crippen LogP contribution in [-0.2, 0) is 6.54 Å². The summed E-state index contributed by atoms with van der Waals surface area (Å²) in [5.41, 5.74) is 2.38. The van der Waals surface area contributed by atoms with Crippen LogP contribution in [0.5, 0.6) is 0 Å². The van der Waals surface area contributed by atoms with Gasteiger partial charge in [-0.05, 0) is 46.7 Å². The molecule has 0 saturated heterocycles. The summed E-state index contributed by atoms with van der Waals surface area (Å²) in [6.45, 7) is 0.819. The number of thiophene rings is 1. The highest BCUT2D eigenvalue weighted by atomic mass is 32.1. The van der Waals surface area contributed by atoms with Crippen LogP contribution in [0.25, 0.3) is 21.0 Å². The summed E-state index contributed by atoms with van der Waals surface area (Å²) in [6.07, 6.45) is 2.02. The monoisotopic (exact) mass is 281 g/mol. The Balaban J connectivity index is 1.81. The first-order chi connectivity index (χ1) is 9.81. The van der Waals surface area contributed by atoms with E-state index in [0.717, 1.165) is 17.4 Å². The largest absolute Gasteiger partial charge is 0.343 e. The summed E-state index contributed by atoms with van der Waals surface area (Å²) in [5.74, 6) is -0.184. The maximum Gasteiger partial charge on any atom is 0.123 e. The van der Waals surface area contributed by atoms with E-state index < -0.39 is 0 Å². The van der Waals surface area contributed by atoms with Crippen molar-refractivity contribution in [3.05, 3.63) is 71.5 Å². The predicted molar refractivity (Wildman–Crippen MR) is 82.8 cm³/mol. The molecule has 2 aromatic carbocycles. The molecule has 0 N–H and O–H groups in total. The van der Waals surface area contributed by atoms with E-state index in [-0.39, 0.29) is 5.82 Å². The molecule has 0 atom stereocenters. The smallest absolute Gasteiger partial charge is 0.123 e. The van der Waals surface area contributed by atoms with Crippen LogP contribution in [0.4, 0.5) is 4.39 Å². The molecule has 0 spiro atoms. The first kappa shape index (κ1) is 11.7. The Labute approximate surface area is 119 Å². The number of hydrogen-bond donors (Lipinski definition) is 0. The molecule has 2 heterocycles. The summed E-state index contributed by atoms with van der Waals surface area (Å²) in [6, 6.07) is 15.4. The van der Waals surface area contributed by atoms with E-state index in [4.69, 9.17) is 0 Å². The molecule has 0 bridgehead atoms. The fourth-order valence-corrected chi connectivity index (χ4v) is 3.60. The summed E-state index contributed by atoms with van der Waals surface area (Å²) < 4.78 is 16.7. The topological polar surface area (TPSA) is 4.93 Å². The lowest BCUT2D eigenvalue weighted by atomic mass is 10.2. The maximum atomic E-state index is 13.2. The first-order valence-electron chi connectivity index (χ1n) is 6.51. The van der Waals surface area contributed by atoms with Crippen LogP contribution in [0.1, 0.15) is 5.56 Å². The molecule has 0 aliphatic rings. The minimum Gasteiger partial charge on any atom is -0.343 e. The van der Waals surface area contributed by atoms with Crippen LogP contribution in [0.15, 0.2) is 60.1 Å². The molecular weight excluding hydrogens is 269 g/mol. The number of rotatable bonds is 2. The lowest BCUT2D eigenvalue weighted by Crippen LogP contribution is -1.96. The Morgan fingerprint density at radius 1 is 1.05 bits per heavy atom. The van der Waals surface area contributed by atoms with Crippen LogP contribution in [0.2, 0.25) is 0 Å². The molecular formula is C17H12FNS. The van der Waals surface area contributed by atoms with Crippen LogP contribution >= 0.6 is 11.3 Å². The van der Waals surface area contributed by atoms with Gasteiger partial charge in [-0.1, -0.05) is 18.2 Å². The fraction of sp³-hybridized carbons (Fsp3) is 0.0588. The third-order valence-electron chi connectivity index (χ3n) is 3.63. The third-order valence-corrected chi connectivity index (χ3v) is 4.65. The van der Waals surface area contributed by atoms with Gasteiger partial charge in [0, 0.05) is 28.3 Å². The molecule has 2 aromatic heterocycles. The standard InChI is InChI=1S/C17H12FNS/c18-14-5-6-16-12(9-14)7-8-19(16)10-13-11-20-17-4-2-1-3-15(13)17/h1-9,11H,10H2. The number of hydrogen-bond acceptors (Lipinski definition) is 1. The van der Waals surface area contributed by atoms with Crippen molar-refractivity contribution in [2.45, 2.75) is 6.54 Å². The van der Waals surface area contributed by atoms with Crippen molar-refractivity contribution >= 4 is 32.3 Å². The highest BCUT2D eigenvalue weighted by molar-refractivity contribution is 7.17. The third kappa shape index (κ3) is 1.82. The zero-order chi connectivity index (χ0) is 13.5. The first-order valence-corrected chi connectivity index (χ1v) is 7.39. The van der Waals surface area contributed by atoms with Crippen LogP contribution in [-0.4, -0.2) is 4.57 Å². The molecule has 0 amide bonds. The summed E-state index contributed by atoms with van der Waals surface area (Å²) in [7, 11) is 0. The van der Waals surface area contributed by atoms with Crippen molar-refractivity contribution < 1.29 is 4.39 Å². The van der Waals surface area contributed by atoms with E-state index in [2.05, 4.69) is 34.2 Å². The second-order valence-electron chi connectivity index (χ2n) is 4.90. The molecule has 20 heavy (non-hydrogen) atoms. The predicted octanol–water partition coefficient (Wildman–Crippen LogP) is 5.04. The number of halogens is 1. The molecule has 0 radical (unpaired) electrons. The van der Waals surface area contributed by atoms with Crippen LogP contribution in [0, 0.1) is 5.82 Å². The zero-order valence-corrected chi connectivity index (χ0v) is 11.5. The van der Waals surface area contributed by atoms with Crippen molar-refractivity contribution in [1.82, 2.24) is 4.57 Å². The van der Waals surface area contributed by atoms with Crippen LogP contribution in [0.3, 0.4) is 0 Å². The van der Waals surface area contributed by atoms with E-state index >= 15 is 0 Å². The fourth-order valence-electron chi connectivity index (χ4n) is 2.65. The number of fused-ring (bicyclic) bond motifs is 2. The lowest BCUT2D eigenvalue weighted by Gasteiger charge is -2.05. The molecule has 4 aromatic rings. The molecule has 3 heteroatoms. The van der Waals surface area contributed by atoms with Gasteiger partial charge in [-0.2, -0.15) is 0 Å². The van der Waals surface area contributed by atoms with Crippen molar-refractivity contribution in [1.29, 1.82) is 0 Å². The number of aromatic nitrogens is 1. The van der Waals surface area contributed by atoms with Gasteiger partial charge >= 0.3 is 0 Å². The van der Waals surface area contributed by atoms with Crippen molar-refractivity contribution in [3.63, 3.8) is 0 Å². The number of benzene rings is 2. The average molecular weight is 281 g/mol.